The summed E-state index contributed by atoms with van der Waals surface area (Å²) in [6.45, 7) is 0. The summed E-state index contributed by atoms with van der Waals surface area (Å²) in [6.07, 6.45) is 8.41. The van der Waals surface area contributed by atoms with Crippen LogP contribution in [0.4, 0.5) is 0 Å². The molecule has 42 valence electrons. The average molecular weight is 159 g/mol. The summed E-state index contributed by atoms with van der Waals surface area (Å²) in [5, 5.41) is 1.40. The van der Waals surface area contributed by atoms with Crippen LogP contribution in [0.5, 0.6) is 0 Å². The summed E-state index contributed by atoms with van der Waals surface area (Å²) in [7, 11) is 5.41. The van der Waals surface area contributed by atoms with Crippen molar-refractivity contribution in [3.05, 3.63) is 24.3 Å². The second-order valence-corrected chi connectivity index (χ2v) is 5.68. The molecule has 0 spiro atoms. The zero-order valence-corrected chi connectivity index (χ0v) is 7.22. The summed E-state index contributed by atoms with van der Waals surface area (Å²) in [5.74, 6) is 0. The van der Waals surface area contributed by atoms with Gasteiger partial charge in [-0.25, -0.2) is 0 Å². The van der Waals surface area contributed by atoms with Gasteiger partial charge in [-0.3, -0.25) is 16.8 Å². The van der Waals surface area contributed by atoms with Crippen LogP contribution in [0.2, 0.25) is 0 Å². The minimum Gasteiger partial charge on any atom is -0.453 e. The molecular weight excluding hydrogens is 153 g/mol. The van der Waals surface area contributed by atoms with E-state index in [9.17, 15) is 0 Å². The lowest BCUT2D eigenvalue weighted by Gasteiger charge is -1.98. The Hall–Kier alpha value is 0.510. The molecule has 1 aliphatic rings. The highest BCUT2D eigenvalue weighted by Crippen LogP contribution is 2.37. The van der Waals surface area contributed by atoms with Crippen molar-refractivity contribution in [3.63, 3.8) is 0 Å². The fraction of sp³-hybridized carbons (Fsp3) is 0. The van der Waals surface area contributed by atoms with E-state index in [0.29, 0.717) is 0 Å². The molecule has 0 aromatic carbocycles. The molecule has 0 heterocycles. The van der Waals surface area contributed by atoms with Gasteiger partial charge in [0.05, 0.1) is 0 Å². The molecule has 0 bridgehead atoms. The van der Waals surface area contributed by atoms with Gasteiger partial charge in [0.2, 0.25) is 0 Å². The molecule has 1 unspecified atom stereocenters. The predicted octanol–water partition coefficient (Wildman–Crippen LogP) is 2.88. The van der Waals surface area contributed by atoms with Crippen LogP contribution in [0.25, 0.3) is 0 Å². The lowest BCUT2D eigenvalue weighted by atomic mass is 10.5. The maximum absolute atomic E-state index is 2.68. The van der Waals surface area contributed by atoms with Gasteiger partial charge in [-0.15, -0.1) is 0 Å². The Kier molecular flexibility index (Phi) is 2.92. The van der Waals surface area contributed by atoms with Crippen LogP contribution in [-0.4, -0.2) is 5.29 Å². The molecule has 0 amide bonds. The third-order valence-corrected chi connectivity index (χ3v) is 3.54. The van der Waals surface area contributed by atoms with Gasteiger partial charge in [-0.1, -0.05) is 24.3 Å². The molecule has 3 heteroatoms. The van der Waals surface area contributed by atoms with Gasteiger partial charge in [0.25, 0.3) is 0 Å². The first kappa shape index (κ1) is 6.63. The summed E-state index contributed by atoms with van der Waals surface area (Å²) in [5.41, 5.74) is 0. The molecule has 0 aromatic rings. The van der Waals surface area contributed by atoms with Gasteiger partial charge in [-0.05, 0) is 5.29 Å². The minimum atomic E-state index is 1.34. The molecule has 0 N–H and O–H groups in total. The summed E-state index contributed by atoms with van der Waals surface area (Å²) in [4.78, 5) is 0. The fourth-order valence-electron chi connectivity index (χ4n) is 0.497. The predicted molar refractivity (Wildman–Crippen MR) is 46.8 cm³/mol. The lowest BCUT2D eigenvalue weighted by molar-refractivity contribution is 2.15. The topological polar surface area (TPSA) is 0 Å². The first-order valence-electron chi connectivity index (χ1n) is 2.26. The quantitative estimate of drug-likeness (QED) is 0.516. The molecule has 0 saturated heterocycles. The molecule has 1 atom stereocenters. The number of hydrogen-bond donors (Lipinski definition) is 0. The number of rotatable bonds is 1. The van der Waals surface area contributed by atoms with E-state index in [2.05, 4.69) is 33.2 Å². The molecule has 0 nitrogen and oxygen atoms in total. The van der Waals surface area contributed by atoms with Crippen LogP contribution in [0.3, 0.4) is 0 Å². The summed E-state index contributed by atoms with van der Waals surface area (Å²) in [6, 6.07) is 0. The third-order valence-electron chi connectivity index (χ3n) is 0.818. The van der Waals surface area contributed by atoms with Crippen molar-refractivity contribution in [2.45, 2.75) is 0 Å². The first-order valence-corrected chi connectivity index (χ1v) is 6.37. The SMILES string of the molecule is P[P-]P=C1C=CC=C1. The van der Waals surface area contributed by atoms with Crippen molar-refractivity contribution >= 4 is 30.1 Å². The van der Waals surface area contributed by atoms with Crippen LogP contribution in [-0.2, 0) is 0 Å². The third kappa shape index (κ3) is 1.79. The molecular formula is C5H6P3-. The molecule has 8 heavy (non-hydrogen) atoms. The van der Waals surface area contributed by atoms with Gasteiger partial charge >= 0.3 is 0 Å². The Morgan fingerprint density at radius 1 is 1.38 bits per heavy atom. The smallest absolute Gasteiger partial charge is 0.0340 e. The Morgan fingerprint density at radius 3 is 2.50 bits per heavy atom. The summed E-state index contributed by atoms with van der Waals surface area (Å²) < 4.78 is 0. The second kappa shape index (κ2) is 3.52. The Bertz CT molecular complexity index is 141. The largest absolute Gasteiger partial charge is 0.453 e. The molecule has 0 aromatic heterocycles. The minimum absolute atomic E-state index is 1.34. The maximum atomic E-state index is 2.68. The van der Waals surface area contributed by atoms with E-state index in [1.54, 1.807) is 0 Å². The van der Waals surface area contributed by atoms with E-state index in [1.165, 1.54) is 21.1 Å². The van der Waals surface area contributed by atoms with Gasteiger partial charge in [0.1, 0.15) is 0 Å². The zero-order valence-electron chi connectivity index (χ0n) is 4.28. The van der Waals surface area contributed by atoms with Crippen LogP contribution in [0.15, 0.2) is 24.3 Å². The van der Waals surface area contributed by atoms with Crippen molar-refractivity contribution in [3.8, 4) is 0 Å². The number of allylic oxidation sites excluding steroid dienone is 4. The van der Waals surface area contributed by atoms with Crippen molar-refractivity contribution in [1.29, 1.82) is 0 Å². The van der Waals surface area contributed by atoms with Gasteiger partial charge in [0, 0.05) is 0 Å². The average Bonchev–Trinajstić information content (AvgIpc) is 2.19. The van der Waals surface area contributed by atoms with Crippen molar-refractivity contribution in [2.24, 2.45) is 0 Å². The maximum Gasteiger partial charge on any atom is -0.0340 e. The van der Waals surface area contributed by atoms with E-state index in [0.717, 1.165) is 0 Å². The van der Waals surface area contributed by atoms with Crippen LogP contribution >= 0.6 is 24.8 Å². The molecule has 0 aliphatic heterocycles. The zero-order chi connectivity index (χ0) is 5.82. The highest BCUT2D eigenvalue weighted by Gasteiger charge is 1.82. The van der Waals surface area contributed by atoms with E-state index in [-0.39, 0.29) is 0 Å². The van der Waals surface area contributed by atoms with E-state index in [4.69, 9.17) is 0 Å². The Labute approximate surface area is 55.0 Å². The van der Waals surface area contributed by atoms with Crippen molar-refractivity contribution < 1.29 is 0 Å². The summed E-state index contributed by atoms with van der Waals surface area (Å²) >= 11 is 0. The molecule has 0 radical (unpaired) electrons. The first-order chi connectivity index (χ1) is 3.93. The van der Waals surface area contributed by atoms with Gasteiger partial charge in [0.15, 0.2) is 0 Å². The Morgan fingerprint density at radius 2 is 2.00 bits per heavy atom. The highest BCUT2D eigenvalue weighted by molar-refractivity contribution is 8.38. The second-order valence-electron chi connectivity index (χ2n) is 1.36. The molecule has 0 fully saturated rings. The Balaban J connectivity index is 2.60. The van der Waals surface area contributed by atoms with E-state index in [1.807, 2.05) is 0 Å². The monoisotopic (exact) mass is 159 g/mol. The van der Waals surface area contributed by atoms with E-state index < -0.39 is 0 Å². The number of hydrogen-bond acceptors (Lipinski definition) is 0. The van der Waals surface area contributed by atoms with Crippen molar-refractivity contribution in [2.75, 3.05) is 0 Å². The highest BCUT2D eigenvalue weighted by atomic mass is 32.4. The molecule has 1 rings (SSSR count). The lowest BCUT2D eigenvalue weighted by Crippen LogP contribution is -1.70. The van der Waals surface area contributed by atoms with Crippen molar-refractivity contribution in [1.82, 2.24) is 0 Å². The van der Waals surface area contributed by atoms with Crippen LogP contribution in [0.1, 0.15) is 0 Å². The van der Waals surface area contributed by atoms with Gasteiger partial charge < -0.3 is 7.96 Å². The van der Waals surface area contributed by atoms with Gasteiger partial charge in [-0.2, -0.15) is 0 Å². The molecule has 0 saturated carbocycles. The fourth-order valence-corrected chi connectivity index (χ4v) is 2.94. The standard InChI is InChI=1S/C5H6P3/c6-8-7-5-3-1-2-4-5/h1-4H,6H2/q-1. The molecule has 1 aliphatic carbocycles. The van der Waals surface area contributed by atoms with Crippen LogP contribution in [0, 0.1) is 0 Å². The van der Waals surface area contributed by atoms with Crippen LogP contribution < -0.4 is 0 Å². The van der Waals surface area contributed by atoms with E-state index >= 15 is 0 Å². The normalized spacial score (nSPS) is 17.9.